The summed E-state index contributed by atoms with van der Waals surface area (Å²) in [4.78, 5) is 15.0. The third-order valence-corrected chi connectivity index (χ3v) is 8.75. The summed E-state index contributed by atoms with van der Waals surface area (Å²) in [5, 5.41) is 0. The third-order valence-electron chi connectivity index (χ3n) is 6.84. The van der Waals surface area contributed by atoms with Crippen LogP contribution in [-0.4, -0.2) is 56.3 Å². The van der Waals surface area contributed by atoms with Crippen LogP contribution < -0.4 is 10.9 Å². The Balaban J connectivity index is 1.19. The topological polar surface area (TPSA) is 81.8 Å². The van der Waals surface area contributed by atoms with Gasteiger partial charge in [-0.15, -0.1) is 0 Å². The number of carbonyl (C=O) groups is 1. The Morgan fingerprint density at radius 3 is 2.53 bits per heavy atom. The Bertz CT molecular complexity index is 1070. The first-order chi connectivity index (χ1) is 16.3. The smallest absolute Gasteiger partial charge is 0.243 e. The van der Waals surface area contributed by atoms with Crippen LogP contribution in [0.4, 0.5) is 4.39 Å². The van der Waals surface area contributed by atoms with Crippen molar-refractivity contribution >= 4 is 15.9 Å². The van der Waals surface area contributed by atoms with E-state index in [1.807, 2.05) is 13.1 Å². The summed E-state index contributed by atoms with van der Waals surface area (Å²) in [6.07, 6.45) is 3.72. The number of amides is 1. The molecule has 0 bridgehead atoms. The van der Waals surface area contributed by atoms with E-state index < -0.39 is 10.0 Å². The predicted molar refractivity (Wildman–Crippen MR) is 129 cm³/mol. The minimum atomic E-state index is -3.51. The number of sulfonamides is 1. The minimum absolute atomic E-state index is 0.0809. The molecule has 2 saturated heterocycles. The van der Waals surface area contributed by atoms with Gasteiger partial charge in [-0.2, -0.15) is 4.31 Å². The van der Waals surface area contributed by atoms with Crippen LogP contribution in [0.2, 0.25) is 0 Å². The number of hydrazine groups is 1. The highest BCUT2D eigenvalue weighted by atomic mass is 32.2. The summed E-state index contributed by atoms with van der Waals surface area (Å²) in [7, 11) is -1.68. The fourth-order valence-corrected chi connectivity index (χ4v) is 6.33. The molecule has 2 N–H and O–H groups in total. The highest BCUT2D eigenvalue weighted by Crippen LogP contribution is 2.26. The lowest BCUT2D eigenvalue weighted by Gasteiger charge is -2.32. The van der Waals surface area contributed by atoms with Gasteiger partial charge in [0.25, 0.3) is 0 Å². The summed E-state index contributed by atoms with van der Waals surface area (Å²) in [5.41, 5.74) is 7.46. The zero-order valence-corrected chi connectivity index (χ0v) is 20.3. The number of carbonyl (C=O) groups excluding carboxylic acids is 1. The number of halogens is 1. The van der Waals surface area contributed by atoms with Gasteiger partial charge in [-0.3, -0.25) is 15.6 Å². The molecule has 9 heteroatoms. The van der Waals surface area contributed by atoms with Gasteiger partial charge in [-0.05, 0) is 61.9 Å². The Labute approximate surface area is 201 Å². The first-order valence-electron chi connectivity index (χ1n) is 11.9. The van der Waals surface area contributed by atoms with Gasteiger partial charge in [0.15, 0.2) is 0 Å². The predicted octanol–water partition coefficient (Wildman–Crippen LogP) is 3.07. The van der Waals surface area contributed by atoms with E-state index in [1.165, 1.54) is 10.4 Å². The van der Waals surface area contributed by atoms with E-state index in [2.05, 4.69) is 10.9 Å². The first kappa shape index (κ1) is 24.8. The van der Waals surface area contributed by atoms with Gasteiger partial charge in [0.05, 0.1) is 4.90 Å². The number of benzene rings is 2. The summed E-state index contributed by atoms with van der Waals surface area (Å²) < 4.78 is 40.6. The summed E-state index contributed by atoms with van der Waals surface area (Å²) in [5.74, 6) is -0.283. The fourth-order valence-electron chi connectivity index (χ4n) is 4.83. The lowest BCUT2D eigenvalue weighted by molar-refractivity contribution is -0.135. The maximum atomic E-state index is 13.5. The van der Waals surface area contributed by atoms with E-state index >= 15 is 0 Å². The van der Waals surface area contributed by atoms with Crippen LogP contribution in [-0.2, 0) is 14.8 Å². The van der Waals surface area contributed by atoms with Gasteiger partial charge in [-0.25, -0.2) is 12.8 Å². The molecule has 0 aliphatic carbocycles. The van der Waals surface area contributed by atoms with Crippen molar-refractivity contribution in [1.82, 2.24) is 20.1 Å². The number of hydrogen-bond acceptors (Lipinski definition) is 5. The van der Waals surface area contributed by atoms with Crippen molar-refractivity contribution in [1.29, 1.82) is 0 Å². The molecule has 2 atom stereocenters. The number of nitrogens with one attached hydrogen (secondary N) is 2. The number of nitrogens with zero attached hydrogens (tertiary/aromatic N) is 2. The molecule has 0 radical (unpaired) electrons. The maximum Gasteiger partial charge on any atom is 0.243 e. The third kappa shape index (κ3) is 5.83. The molecular formula is C25H33FN4O3S. The van der Waals surface area contributed by atoms with Gasteiger partial charge in [-0.1, -0.05) is 30.3 Å². The summed E-state index contributed by atoms with van der Waals surface area (Å²) in [6, 6.07) is 15.4. The van der Waals surface area contributed by atoms with Gasteiger partial charge < -0.3 is 4.90 Å². The second-order valence-electron chi connectivity index (χ2n) is 9.22. The zero-order valence-electron chi connectivity index (χ0n) is 19.5. The van der Waals surface area contributed by atoms with E-state index in [-0.39, 0.29) is 29.7 Å². The standard InChI is InChI=1S/C25H33FN4O3S/c1-29(14-6-9-22-18-24(28-27-22)20-7-5-8-21(26)17-20)25(31)19-12-15-30(16-13-19)34(32,33)23-10-3-2-4-11-23/h2-5,7-8,10-11,17,19,22,24,27-28H,6,9,12-16,18H2,1H3. The van der Waals surface area contributed by atoms with Crippen molar-refractivity contribution < 1.29 is 17.6 Å². The molecule has 184 valence electrons. The van der Waals surface area contributed by atoms with Crippen molar-refractivity contribution in [2.75, 3.05) is 26.7 Å². The summed E-state index contributed by atoms with van der Waals surface area (Å²) >= 11 is 0. The lowest BCUT2D eigenvalue weighted by Crippen LogP contribution is -2.43. The summed E-state index contributed by atoms with van der Waals surface area (Å²) in [6.45, 7) is 1.38. The van der Waals surface area contributed by atoms with Crippen LogP contribution >= 0.6 is 0 Å². The molecule has 1 amide bonds. The van der Waals surface area contributed by atoms with Crippen molar-refractivity contribution in [3.05, 3.63) is 66.0 Å². The molecule has 0 aromatic heterocycles. The molecule has 0 spiro atoms. The Hall–Kier alpha value is -2.33. The average Bonchev–Trinajstić information content (AvgIpc) is 3.33. The van der Waals surface area contributed by atoms with E-state index in [4.69, 9.17) is 0 Å². The highest BCUT2D eigenvalue weighted by molar-refractivity contribution is 7.89. The number of piperidine rings is 1. The normalized spacial score (nSPS) is 22.1. The highest BCUT2D eigenvalue weighted by Gasteiger charge is 2.33. The Kier molecular flexibility index (Phi) is 7.98. The Morgan fingerprint density at radius 1 is 1.09 bits per heavy atom. The molecule has 2 fully saturated rings. The largest absolute Gasteiger partial charge is 0.346 e. The Morgan fingerprint density at radius 2 is 1.82 bits per heavy atom. The second kappa shape index (κ2) is 10.9. The van der Waals surface area contributed by atoms with Gasteiger partial charge in [0.2, 0.25) is 15.9 Å². The number of hydrogen-bond donors (Lipinski definition) is 2. The molecule has 2 unspecified atom stereocenters. The number of rotatable bonds is 8. The fraction of sp³-hybridized carbons (Fsp3) is 0.480. The van der Waals surface area contributed by atoms with Gasteiger partial charge in [0.1, 0.15) is 5.82 Å². The van der Waals surface area contributed by atoms with Crippen LogP contribution in [0.25, 0.3) is 0 Å². The monoisotopic (exact) mass is 488 g/mol. The molecular weight excluding hydrogens is 455 g/mol. The van der Waals surface area contributed by atoms with Crippen LogP contribution in [0.1, 0.15) is 43.7 Å². The molecule has 2 aliphatic rings. The van der Waals surface area contributed by atoms with Gasteiger partial charge >= 0.3 is 0 Å². The SMILES string of the molecule is CN(CCCC1CC(c2cccc(F)c2)NN1)C(=O)C1CCN(S(=O)(=O)c2ccccc2)CC1. The molecule has 4 rings (SSSR count). The van der Waals surface area contributed by atoms with Crippen molar-refractivity contribution in [2.45, 2.75) is 49.1 Å². The van der Waals surface area contributed by atoms with E-state index in [9.17, 15) is 17.6 Å². The lowest BCUT2D eigenvalue weighted by atomic mass is 9.96. The minimum Gasteiger partial charge on any atom is -0.346 e. The van der Waals surface area contributed by atoms with Crippen LogP contribution in [0, 0.1) is 11.7 Å². The average molecular weight is 489 g/mol. The molecule has 34 heavy (non-hydrogen) atoms. The van der Waals surface area contributed by atoms with E-state index in [0.29, 0.717) is 37.4 Å². The molecule has 7 nitrogen and oxygen atoms in total. The van der Waals surface area contributed by atoms with Crippen LogP contribution in [0.3, 0.4) is 0 Å². The maximum absolute atomic E-state index is 13.5. The van der Waals surface area contributed by atoms with E-state index in [1.54, 1.807) is 47.4 Å². The van der Waals surface area contributed by atoms with E-state index in [0.717, 1.165) is 24.8 Å². The molecule has 0 saturated carbocycles. The van der Waals surface area contributed by atoms with Crippen LogP contribution in [0.5, 0.6) is 0 Å². The van der Waals surface area contributed by atoms with Crippen LogP contribution in [0.15, 0.2) is 59.5 Å². The molecule has 2 aromatic rings. The van der Waals surface area contributed by atoms with Crippen molar-refractivity contribution in [3.63, 3.8) is 0 Å². The molecule has 2 heterocycles. The molecule has 2 aliphatic heterocycles. The second-order valence-corrected chi connectivity index (χ2v) is 11.2. The van der Waals surface area contributed by atoms with Gasteiger partial charge in [0, 0.05) is 44.7 Å². The zero-order chi connectivity index (χ0) is 24.1. The quantitative estimate of drug-likeness (QED) is 0.597. The van der Waals surface area contributed by atoms with Crippen molar-refractivity contribution in [3.8, 4) is 0 Å². The first-order valence-corrected chi connectivity index (χ1v) is 13.4. The molecule has 2 aromatic carbocycles. The van der Waals surface area contributed by atoms with Crippen molar-refractivity contribution in [2.24, 2.45) is 5.92 Å².